The highest BCUT2D eigenvalue weighted by Crippen LogP contribution is 2.20. The van der Waals surface area contributed by atoms with Gasteiger partial charge in [-0.25, -0.2) is 0 Å². The molecular formula is C15H21NO. The second-order valence-electron chi connectivity index (χ2n) is 5.12. The standard InChI is InChI=1S/C15H21NO/c1-11-3-4-14(9-12(11)2)15(17)10-13-5-7-16-8-6-13/h3-4,9,13,16H,5-8,10H2,1-2H3. The molecule has 1 aliphatic heterocycles. The first-order valence-corrected chi connectivity index (χ1v) is 6.48. The van der Waals surface area contributed by atoms with Gasteiger partial charge < -0.3 is 5.32 Å². The number of hydrogen-bond acceptors (Lipinski definition) is 2. The molecule has 2 nitrogen and oxygen atoms in total. The fourth-order valence-electron chi connectivity index (χ4n) is 2.38. The molecule has 0 radical (unpaired) electrons. The van der Waals surface area contributed by atoms with E-state index in [2.05, 4.69) is 19.2 Å². The van der Waals surface area contributed by atoms with Gasteiger partial charge in [-0.3, -0.25) is 4.79 Å². The van der Waals surface area contributed by atoms with Gasteiger partial charge in [0.25, 0.3) is 0 Å². The number of rotatable bonds is 3. The van der Waals surface area contributed by atoms with Gasteiger partial charge in [0.1, 0.15) is 0 Å². The van der Waals surface area contributed by atoms with E-state index in [9.17, 15) is 4.79 Å². The summed E-state index contributed by atoms with van der Waals surface area (Å²) in [5.41, 5.74) is 3.34. The molecule has 1 N–H and O–H groups in total. The number of nitrogens with one attached hydrogen (secondary N) is 1. The third-order valence-electron chi connectivity index (χ3n) is 3.76. The lowest BCUT2D eigenvalue weighted by Crippen LogP contribution is -2.28. The molecule has 1 aliphatic rings. The summed E-state index contributed by atoms with van der Waals surface area (Å²) in [6, 6.07) is 6.04. The molecule has 0 unspecified atom stereocenters. The van der Waals surface area contributed by atoms with Crippen LogP contribution in [0.4, 0.5) is 0 Å². The van der Waals surface area contributed by atoms with Crippen LogP contribution in [0.2, 0.25) is 0 Å². The zero-order chi connectivity index (χ0) is 12.3. The summed E-state index contributed by atoms with van der Waals surface area (Å²) < 4.78 is 0. The predicted octanol–water partition coefficient (Wildman–Crippen LogP) is 2.88. The largest absolute Gasteiger partial charge is 0.317 e. The first kappa shape index (κ1) is 12.3. The number of benzene rings is 1. The zero-order valence-corrected chi connectivity index (χ0v) is 10.8. The lowest BCUT2D eigenvalue weighted by Gasteiger charge is -2.21. The van der Waals surface area contributed by atoms with Crippen molar-refractivity contribution in [2.45, 2.75) is 33.1 Å². The predicted molar refractivity (Wildman–Crippen MR) is 70.5 cm³/mol. The molecule has 1 saturated heterocycles. The topological polar surface area (TPSA) is 29.1 Å². The van der Waals surface area contributed by atoms with E-state index in [1.807, 2.05) is 18.2 Å². The molecule has 1 aromatic carbocycles. The lowest BCUT2D eigenvalue weighted by atomic mass is 9.90. The van der Waals surface area contributed by atoms with Gasteiger partial charge in [-0.15, -0.1) is 0 Å². The summed E-state index contributed by atoms with van der Waals surface area (Å²) in [5, 5.41) is 3.33. The molecule has 0 spiro atoms. The van der Waals surface area contributed by atoms with Gasteiger partial charge in [-0.2, -0.15) is 0 Å². The maximum atomic E-state index is 12.2. The van der Waals surface area contributed by atoms with E-state index < -0.39 is 0 Å². The maximum absolute atomic E-state index is 12.2. The Labute approximate surface area is 103 Å². The van der Waals surface area contributed by atoms with E-state index in [1.54, 1.807) is 0 Å². The maximum Gasteiger partial charge on any atom is 0.163 e. The van der Waals surface area contributed by atoms with Crippen LogP contribution in [0.3, 0.4) is 0 Å². The normalized spacial score (nSPS) is 17.1. The molecule has 0 atom stereocenters. The molecule has 0 aliphatic carbocycles. The van der Waals surface area contributed by atoms with E-state index in [0.29, 0.717) is 18.1 Å². The summed E-state index contributed by atoms with van der Waals surface area (Å²) in [6.07, 6.45) is 2.98. The van der Waals surface area contributed by atoms with Crippen molar-refractivity contribution in [1.82, 2.24) is 5.32 Å². The molecular weight excluding hydrogens is 210 g/mol. The van der Waals surface area contributed by atoms with Crippen LogP contribution in [0.25, 0.3) is 0 Å². The van der Waals surface area contributed by atoms with Crippen molar-refractivity contribution >= 4 is 5.78 Å². The number of Topliss-reactive ketones (excluding diaryl/α,β-unsaturated/α-hetero) is 1. The lowest BCUT2D eigenvalue weighted by molar-refractivity contribution is 0.0952. The Balaban J connectivity index is 2.01. The van der Waals surface area contributed by atoms with Gasteiger partial charge in [0, 0.05) is 12.0 Å². The average Bonchev–Trinajstić information content (AvgIpc) is 2.34. The van der Waals surface area contributed by atoms with Crippen molar-refractivity contribution in [3.05, 3.63) is 34.9 Å². The third kappa shape index (κ3) is 3.16. The summed E-state index contributed by atoms with van der Waals surface area (Å²) in [5.74, 6) is 0.880. The van der Waals surface area contributed by atoms with Crippen molar-refractivity contribution in [1.29, 1.82) is 0 Å². The summed E-state index contributed by atoms with van der Waals surface area (Å²) in [7, 11) is 0. The van der Waals surface area contributed by atoms with Gasteiger partial charge in [-0.05, 0) is 62.9 Å². The van der Waals surface area contributed by atoms with Crippen LogP contribution in [0.15, 0.2) is 18.2 Å². The molecule has 2 rings (SSSR count). The Bertz CT molecular complexity index is 405. The molecule has 2 heteroatoms. The average molecular weight is 231 g/mol. The van der Waals surface area contributed by atoms with Crippen molar-refractivity contribution in [3.63, 3.8) is 0 Å². The van der Waals surface area contributed by atoms with Crippen molar-refractivity contribution in [2.24, 2.45) is 5.92 Å². The van der Waals surface area contributed by atoms with E-state index in [-0.39, 0.29) is 0 Å². The SMILES string of the molecule is Cc1ccc(C(=O)CC2CCNCC2)cc1C. The van der Waals surface area contributed by atoms with Crippen molar-refractivity contribution in [2.75, 3.05) is 13.1 Å². The Morgan fingerprint density at radius 2 is 1.94 bits per heavy atom. The monoisotopic (exact) mass is 231 g/mol. The Morgan fingerprint density at radius 3 is 2.59 bits per heavy atom. The van der Waals surface area contributed by atoms with Gasteiger partial charge in [-0.1, -0.05) is 12.1 Å². The minimum absolute atomic E-state index is 0.306. The Kier molecular flexibility index (Phi) is 3.95. The minimum atomic E-state index is 0.306. The van der Waals surface area contributed by atoms with Gasteiger partial charge in [0.15, 0.2) is 5.78 Å². The number of hydrogen-bond donors (Lipinski definition) is 1. The van der Waals surface area contributed by atoms with E-state index in [4.69, 9.17) is 0 Å². The van der Waals surface area contributed by atoms with Crippen molar-refractivity contribution in [3.8, 4) is 0 Å². The first-order valence-electron chi connectivity index (χ1n) is 6.48. The summed E-state index contributed by atoms with van der Waals surface area (Å²) in [6.45, 7) is 6.27. The Morgan fingerprint density at radius 1 is 1.24 bits per heavy atom. The highest BCUT2D eigenvalue weighted by atomic mass is 16.1. The zero-order valence-electron chi connectivity index (χ0n) is 10.8. The van der Waals surface area contributed by atoms with Crippen LogP contribution >= 0.6 is 0 Å². The van der Waals surface area contributed by atoms with Crippen LogP contribution in [-0.4, -0.2) is 18.9 Å². The molecule has 92 valence electrons. The van der Waals surface area contributed by atoms with Crippen molar-refractivity contribution < 1.29 is 4.79 Å². The third-order valence-corrected chi connectivity index (χ3v) is 3.76. The quantitative estimate of drug-likeness (QED) is 0.810. The second-order valence-corrected chi connectivity index (χ2v) is 5.12. The second kappa shape index (κ2) is 5.46. The number of carbonyl (C=O) groups is 1. The number of aryl methyl sites for hydroxylation is 2. The molecule has 0 amide bonds. The van der Waals surface area contributed by atoms with Gasteiger partial charge in [0.2, 0.25) is 0 Å². The first-order chi connectivity index (χ1) is 8.16. The molecule has 1 fully saturated rings. The van der Waals surface area contributed by atoms with Crippen LogP contribution in [0.5, 0.6) is 0 Å². The minimum Gasteiger partial charge on any atom is -0.317 e. The number of piperidine rings is 1. The van der Waals surface area contributed by atoms with Crippen LogP contribution in [-0.2, 0) is 0 Å². The number of ketones is 1. The van der Waals surface area contributed by atoms with E-state index in [0.717, 1.165) is 31.5 Å². The number of carbonyl (C=O) groups excluding carboxylic acids is 1. The van der Waals surface area contributed by atoms with Crippen LogP contribution in [0, 0.1) is 19.8 Å². The molecule has 17 heavy (non-hydrogen) atoms. The Hall–Kier alpha value is -1.15. The fraction of sp³-hybridized carbons (Fsp3) is 0.533. The van der Waals surface area contributed by atoms with Gasteiger partial charge in [0.05, 0.1) is 0 Å². The van der Waals surface area contributed by atoms with Crippen LogP contribution in [0.1, 0.15) is 40.7 Å². The van der Waals surface area contributed by atoms with E-state index >= 15 is 0 Å². The molecule has 1 aromatic rings. The molecule has 1 heterocycles. The van der Waals surface area contributed by atoms with Gasteiger partial charge >= 0.3 is 0 Å². The smallest absolute Gasteiger partial charge is 0.163 e. The summed E-state index contributed by atoms with van der Waals surface area (Å²) >= 11 is 0. The van der Waals surface area contributed by atoms with Crippen LogP contribution < -0.4 is 5.32 Å². The fourth-order valence-corrected chi connectivity index (χ4v) is 2.38. The molecule has 0 bridgehead atoms. The highest BCUT2D eigenvalue weighted by molar-refractivity contribution is 5.96. The highest BCUT2D eigenvalue weighted by Gasteiger charge is 2.17. The molecule has 0 aromatic heterocycles. The molecule has 0 saturated carbocycles. The van der Waals surface area contributed by atoms with E-state index in [1.165, 1.54) is 11.1 Å². The summed E-state index contributed by atoms with van der Waals surface area (Å²) in [4.78, 5) is 12.2.